The molecule has 28 heavy (non-hydrogen) atoms. The average Bonchev–Trinajstić information content (AvgIpc) is 2.89. The molecule has 3 aromatic heterocycles. The molecule has 0 spiro atoms. The molecule has 1 amide bonds. The first-order chi connectivity index (χ1) is 13.0. The van der Waals surface area contributed by atoms with Gasteiger partial charge in [-0.2, -0.15) is 22.5 Å². The van der Waals surface area contributed by atoms with Gasteiger partial charge in [0, 0.05) is 44.1 Å². The van der Waals surface area contributed by atoms with E-state index in [9.17, 15) is 22.4 Å². The van der Waals surface area contributed by atoms with Crippen molar-refractivity contribution in [3.63, 3.8) is 0 Å². The molecule has 0 radical (unpaired) electrons. The predicted molar refractivity (Wildman–Crippen MR) is 92.2 cm³/mol. The summed E-state index contributed by atoms with van der Waals surface area (Å²) < 4.78 is 58.6. The Morgan fingerprint density at radius 3 is 2.61 bits per heavy atom. The Bertz CT molecular complexity index is 1050. The Morgan fingerprint density at radius 1 is 1.29 bits per heavy atom. The first-order valence-corrected chi connectivity index (χ1v) is 8.00. The number of aromatic nitrogens is 4. The molecule has 0 aliphatic carbocycles. The van der Waals surface area contributed by atoms with Crippen molar-refractivity contribution in [3.05, 3.63) is 30.4 Å². The van der Waals surface area contributed by atoms with Crippen LogP contribution in [-0.4, -0.2) is 32.0 Å². The highest BCUT2D eigenvalue weighted by molar-refractivity contribution is 5.98. The summed E-state index contributed by atoms with van der Waals surface area (Å²) in [7, 11) is 1.69. The van der Waals surface area contributed by atoms with E-state index in [4.69, 9.17) is 0 Å². The van der Waals surface area contributed by atoms with Gasteiger partial charge in [0.1, 0.15) is 5.82 Å². The lowest BCUT2D eigenvalue weighted by atomic mass is 10.1. The molecule has 7 nitrogen and oxygen atoms in total. The summed E-state index contributed by atoms with van der Waals surface area (Å²) in [6.07, 6.45) is 3.06. The third kappa shape index (κ3) is 4.02. The molecule has 0 aliphatic heterocycles. The van der Waals surface area contributed by atoms with Crippen LogP contribution in [0.5, 0.6) is 5.88 Å². The van der Waals surface area contributed by atoms with Crippen LogP contribution in [0.15, 0.2) is 24.5 Å². The van der Waals surface area contributed by atoms with Crippen LogP contribution >= 0.6 is 0 Å². The third-order valence-electron chi connectivity index (χ3n) is 3.76. The number of fused-ring (bicyclic) bond motifs is 1. The number of nitrogens with one attached hydrogen (secondary N) is 1. The van der Waals surface area contributed by atoms with Crippen LogP contribution in [0.3, 0.4) is 0 Å². The summed E-state index contributed by atoms with van der Waals surface area (Å²) in [5, 5.41) is 3.04. The molecule has 3 rings (SSSR count). The number of hydrogen-bond acceptors (Lipinski definition) is 5. The van der Waals surface area contributed by atoms with Crippen molar-refractivity contribution in [2.24, 2.45) is 7.05 Å². The fraction of sp³-hybridized carbons (Fsp3) is 0.294. The maximum absolute atomic E-state index is 13.8. The number of carbonyl (C=O) groups excluding carboxylic acids is 1. The molecule has 148 valence electrons. The number of aryl methyl sites for hydroxylation is 1. The number of nitrogens with zero attached hydrogens (tertiary/aromatic N) is 4. The quantitative estimate of drug-likeness (QED) is 0.664. The van der Waals surface area contributed by atoms with E-state index in [1.54, 1.807) is 17.8 Å². The van der Waals surface area contributed by atoms with Crippen molar-refractivity contribution in [2.45, 2.75) is 26.4 Å². The molecule has 0 bridgehead atoms. The monoisotopic (exact) mass is 397 g/mol. The van der Waals surface area contributed by atoms with Gasteiger partial charge < -0.3 is 14.6 Å². The summed E-state index contributed by atoms with van der Waals surface area (Å²) >= 11 is 0. The standard InChI is InChI=1S/C17H15F4N5O2/c1-8(27)23-13-4-9-10(7-26(3)12(9)6-22-13)11-5-14(28-16(18)19)25-15(24-11)17(2,20)21/h4-7,16H,1-3H3,(H,22,23,27). The highest BCUT2D eigenvalue weighted by Gasteiger charge is 2.30. The smallest absolute Gasteiger partial charge is 0.388 e. The number of halogens is 4. The summed E-state index contributed by atoms with van der Waals surface area (Å²) in [6, 6.07) is 2.58. The van der Waals surface area contributed by atoms with Crippen molar-refractivity contribution >= 4 is 22.6 Å². The van der Waals surface area contributed by atoms with Crippen LogP contribution in [0.4, 0.5) is 23.4 Å². The molecule has 3 aromatic rings. The molecule has 0 aromatic carbocycles. The van der Waals surface area contributed by atoms with Crippen molar-refractivity contribution in [3.8, 4) is 17.1 Å². The number of hydrogen-bond donors (Lipinski definition) is 1. The molecule has 1 N–H and O–H groups in total. The minimum Gasteiger partial charge on any atom is -0.417 e. The van der Waals surface area contributed by atoms with Crippen LogP contribution in [0.1, 0.15) is 19.7 Å². The molecule has 0 aliphatic rings. The van der Waals surface area contributed by atoms with Crippen LogP contribution in [0.2, 0.25) is 0 Å². The fourth-order valence-corrected chi connectivity index (χ4v) is 2.64. The van der Waals surface area contributed by atoms with Gasteiger partial charge >= 0.3 is 12.5 Å². The zero-order chi connectivity index (χ0) is 20.6. The van der Waals surface area contributed by atoms with Crippen LogP contribution < -0.4 is 10.1 Å². The molecule has 0 unspecified atom stereocenters. The van der Waals surface area contributed by atoms with E-state index in [1.807, 2.05) is 0 Å². The van der Waals surface area contributed by atoms with Gasteiger partial charge in [0.05, 0.1) is 17.4 Å². The minimum atomic E-state index is -3.47. The van der Waals surface area contributed by atoms with Crippen LogP contribution in [0.25, 0.3) is 22.2 Å². The molecule has 0 saturated heterocycles. The Labute approximate surface area is 156 Å². The van der Waals surface area contributed by atoms with Gasteiger partial charge in [-0.25, -0.2) is 9.97 Å². The normalized spacial score (nSPS) is 11.9. The lowest BCUT2D eigenvalue weighted by Crippen LogP contribution is -2.15. The third-order valence-corrected chi connectivity index (χ3v) is 3.76. The number of alkyl halides is 4. The number of rotatable bonds is 5. The zero-order valence-corrected chi connectivity index (χ0v) is 15.0. The molecular formula is C17H15F4N5O2. The summed E-state index contributed by atoms with van der Waals surface area (Å²) in [6.45, 7) is -1.37. The van der Waals surface area contributed by atoms with E-state index in [1.165, 1.54) is 19.2 Å². The number of amides is 1. The molecule has 3 heterocycles. The second-order valence-corrected chi connectivity index (χ2v) is 6.10. The molecular weight excluding hydrogens is 382 g/mol. The minimum absolute atomic E-state index is 0.0345. The Morgan fingerprint density at radius 2 is 2.00 bits per heavy atom. The highest BCUT2D eigenvalue weighted by atomic mass is 19.3. The topological polar surface area (TPSA) is 81.9 Å². The second kappa shape index (κ2) is 7.06. The first-order valence-electron chi connectivity index (χ1n) is 8.00. The van der Waals surface area contributed by atoms with E-state index < -0.39 is 24.2 Å². The summed E-state index contributed by atoms with van der Waals surface area (Å²) in [5.41, 5.74) is 0.940. The van der Waals surface area contributed by atoms with Crippen molar-refractivity contribution in [1.29, 1.82) is 0 Å². The maximum atomic E-state index is 13.8. The van der Waals surface area contributed by atoms with Gasteiger partial charge in [0.25, 0.3) is 0 Å². The number of carbonyl (C=O) groups is 1. The largest absolute Gasteiger partial charge is 0.417 e. The average molecular weight is 397 g/mol. The van der Waals surface area contributed by atoms with E-state index >= 15 is 0 Å². The van der Waals surface area contributed by atoms with Crippen molar-refractivity contribution in [2.75, 3.05) is 5.32 Å². The maximum Gasteiger partial charge on any atom is 0.388 e. The molecule has 11 heteroatoms. The fourth-order valence-electron chi connectivity index (χ4n) is 2.64. The van der Waals surface area contributed by atoms with Gasteiger partial charge in [-0.3, -0.25) is 4.79 Å². The van der Waals surface area contributed by atoms with E-state index in [0.29, 0.717) is 23.4 Å². The van der Waals surface area contributed by atoms with E-state index in [-0.39, 0.29) is 17.4 Å². The zero-order valence-electron chi connectivity index (χ0n) is 15.0. The highest BCUT2D eigenvalue weighted by Crippen LogP contribution is 2.34. The van der Waals surface area contributed by atoms with Gasteiger partial charge in [-0.05, 0) is 6.07 Å². The Balaban J connectivity index is 2.21. The summed E-state index contributed by atoms with van der Waals surface area (Å²) in [5.74, 6) is -5.19. The van der Waals surface area contributed by atoms with Gasteiger partial charge in [-0.15, -0.1) is 0 Å². The Hall–Kier alpha value is -3.24. The Kier molecular flexibility index (Phi) is 4.92. The number of anilines is 1. The molecule has 0 fully saturated rings. The lowest BCUT2D eigenvalue weighted by Gasteiger charge is -2.12. The first kappa shape index (κ1) is 19.5. The van der Waals surface area contributed by atoms with Gasteiger partial charge in [0.2, 0.25) is 17.6 Å². The van der Waals surface area contributed by atoms with E-state index in [0.717, 1.165) is 6.07 Å². The van der Waals surface area contributed by atoms with Crippen molar-refractivity contribution < 1.29 is 27.1 Å². The van der Waals surface area contributed by atoms with Crippen LogP contribution in [-0.2, 0) is 17.8 Å². The van der Waals surface area contributed by atoms with Gasteiger partial charge in [-0.1, -0.05) is 0 Å². The predicted octanol–water partition coefficient (Wildman–Crippen LogP) is 3.70. The number of pyridine rings is 1. The van der Waals surface area contributed by atoms with Gasteiger partial charge in [0.15, 0.2) is 0 Å². The number of ether oxygens (including phenoxy) is 1. The van der Waals surface area contributed by atoms with Crippen LogP contribution in [0, 0.1) is 0 Å². The van der Waals surface area contributed by atoms with E-state index in [2.05, 4.69) is 25.0 Å². The molecule has 0 saturated carbocycles. The lowest BCUT2D eigenvalue weighted by molar-refractivity contribution is -0.114. The second-order valence-electron chi connectivity index (χ2n) is 6.10. The summed E-state index contributed by atoms with van der Waals surface area (Å²) in [4.78, 5) is 22.6. The van der Waals surface area contributed by atoms with Crippen molar-refractivity contribution in [1.82, 2.24) is 19.5 Å². The SMILES string of the molecule is CC(=O)Nc1cc2c(-c3cc(OC(F)F)nc(C(C)(F)F)n3)cn(C)c2cn1. The molecule has 0 atom stereocenters.